The maximum Gasteiger partial charge on any atom is 0.251 e. The molecule has 100 valence electrons. The van der Waals surface area contributed by atoms with Crippen molar-refractivity contribution in [2.24, 2.45) is 0 Å². The number of nitrogens with one attached hydrogen (secondary N) is 1. The fourth-order valence-electron chi connectivity index (χ4n) is 1.67. The lowest BCUT2D eigenvalue weighted by molar-refractivity contribution is 0.0951. The molecule has 2 aromatic rings. The van der Waals surface area contributed by atoms with E-state index in [9.17, 15) is 4.79 Å². The van der Waals surface area contributed by atoms with Crippen LogP contribution in [0.3, 0.4) is 0 Å². The van der Waals surface area contributed by atoms with Crippen LogP contribution in [0, 0.1) is 14.9 Å². The quantitative estimate of drug-likeness (QED) is 0.804. The van der Waals surface area contributed by atoms with Gasteiger partial charge in [0.25, 0.3) is 5.91 Å². The lowest BCUT2D eigenvalue weighted by Gasteiger charge is -2.06. The molecule has 0 aliphatic rings. The first-order valence-corrected chi connectivity index (χ1v) is 7.28. The van der Waals surface area contributed by atoms with E-state index in [2.05, 4.69) is 34.0 Å². The van der Waals surface area contributed by atoms with E-state index in [1.54, 1.807) is 36.4 Å². The Labute approximate surface area is 135 Å². The van der Waals surface area contributed by atoms with Gasteiger partial charge in [0.2, 0.25) is 0 Å². The van der Waals surface area contributed by atoms with E-state index < -0.39 is 0 Å². The van der Waals surface area contributed by atoms with Crippen LogP contribution in [-0.2, 0) is 6.54 Å². The summed E-state index contributed by atoms with van der Waals surface area (Å²) in [6, 6.07) is 14.4. The largest absolute Gasteiger partial charge is 0.348 e. The lowest BCUT2D eigenvalue weighted by Crippen LogP contribution is -2.22. The minimum Gasteiger partial charge on any atom is -0.348 e. The first kappa shape index (κ1) is 14.8. The molecule has 20 heavy (non-hydrogen) atoms. The highest BCUT2D eigenvalue weighted by atomic mass is 127. The van der Waals surface area contributed by atoms with E-state index in [0.29, 0.717) is 22.7 Å². The van der Waals surface area contributed by atoms with Crippen LogP contribution in [0.1, 0.15) is 21.5 Å². The molecule has 5 heteroatoms. The van der Waals surface area contributed by atoms with Crippen molar-refractivity contribution in [3.8, 4) is 6.07 Å². The predicted molar refractivity (Wildman–Crippen MR) is 86.5 cm³/mol. The second-order valence-corrected chi connectivity index (χ2v) is 5.69. The van der Waals surface area contributed by atoms with Crippen LogP contribution in [0.4, 0.5) is 0 Å². The van der Waals surface area contributed by atoms with Gasteiger partial charge in [-0.1, -0.05) is 23.7 Å². The highest BCUT2D eigenvalue weighted by Crippen LogP contribution is 2.19. The number of carbonyl (C=O) groups is 1. The van der Waals surface area contributed by atoms with Crippen molar-refractivity contribution in [2.45, 2.75) is 6.54 Å². The van der Waals surface area contributed by atoms with Crippen molar-refractivity contribution < 1.29 is 4.79 Å². The minimum absolute atomic E-state index is 0.189. The van der Waals surface area contributed by atoms with E-state index in [1.807, 2.05) is 6.07 Å². The molecule has 0 aliphatic heterocycles. The van der Waals surface area contributed by atoms with Crippen LogP contribution in [0.5, 0.6) is 0 Å². The minimum atomic E-state index is -0.189. The van der Waals surface area contributed by atoms with Gasteiger partial charge in [0.15, 0.2) is 0 Å². The number of rotatable bonds is 3. The van der Waals surface area contributed by atoms with Gasteiger partial charge in [0.05, 0.1) is 16.7 Å². The third-order valence-electron chi connectivity index (χ3n) is 2.69. The highest BCUT2D eigenvalue weighted by molar-refractivity contribution is 14.1. The maximum atomic E-state index is 12.0. The van der Waals surface area contributed by atoms with Crippen molar-refractivity contribution in [1.29, 1.82) is 5.26 Å². The van der Waals surface area contributed by atoms with Gasteiger partial charge in [-0.05, 0) is 58.5 Å². The Morgan fingerprint density at radius 1 is 1.30 bits per heavy atom. The average Bonchev–Trinajstić information content (AvgIpc) is 2.47. The molecule has 0 saturated carbocycles. The molecule has 0 aromatic heterocycles. The zero-order valence-corrected chi connectivity index (χ0v) is 13.3. The van der Waals surface area contributed by atoms with Crippen LogP contribution in [0.15, 0.2) is 42.5 Å². The first-order chi connectivity index (χ1) is 9.60. The first-order valence-electron chi connectivity index (χ1n) is 5.82. The van der Waals surface area contributed by atoms with Gasteiger partial charge in [-0.15, -0.1) is 0 Å². The summed E-state index contributed by atoms with van der Waals surface area (Å²) in [6.45, 7) is 0.373. The summed E-state index contributed by atoms with van der Waals surface area (Å²) in [5.41, 5.74) is 1.98. The molecule has 1 N–H and O–H groups in total. The number of hydrogen-bond acceptors (Lipinski definition) is 2. The van der Waals surface area contributed by atoms with Gasteiger partial charge in [0.1, 0.15) is 0 Å². The van der Waals surface area contributed by atoms with Gasteiger partial charge in [-0.25, -0.2) is 0 Å². The fraction of sp³-hybridized carbons (Fsp3) is 0.0667. The molecule has 0 aliphatic carbocycles. The van der Waals surface area contributed by atoms with Crippen LogP contribution >= 0.6 is 34.2 Å². The smallest absolute Gasteiger partial charge is 0.251 e. The van der Waals surface area contributed by atoms with E-state index >= 15 is 0 Å². The molecule has 1 amide bonds. The van der Waals surface area contributed by atoms with Gasteiger partial charge in [-0.2, -0.15) is 5.26 Å². The Morgan fingerprint density at radius 3 is 2.80 bits per heavy atom. The second kappa shape index (κ2) is 6.73. The Morgan fingerprint density at radius 2 is 2.10 bits per heavy atom. The summed E-state index contributed by atoms with van der Waals surface area (Å²) in [6.07, 6.45) is 0. The molecule has 0 saturated heterocycles. The SMILES string of the molecule is N#Cc1cccc(CNC(=O)c2ccc(I)c(Cl)c2)c1. The Hall–Kier alpha value is -1.58. The molecule has 0 heterocycles. The summed E-state index contributed by atoms with van der Waals surface area (Å²) >= 11 is 8.10. The van der Waals surface area contributed by atoms with Crippen LogP contribution < -0.4 is 5.32 Å². The molecule has 0 radical (unpaired) electrons. The summed E-state index contributed by atoms with van der Waals surface area (Å²) in [7, 11) is 0. The van der Waals surface area contributed by atoms with E-state index in [-0.39, 0.29) is 5.91 Å². The monoisotopic (exact) mass is 396 g/mol. The zero-order valence-electron chi connectivity index (χ0n) is 10.4. The molecule has 3 nitrogen and oxygen atoms in total. The topological polar surface area (TPSA) is 52.9 Å². The van der Waals surface area contributed by atoms with Crippen LogP contribution in [-0.4, -0.2) is 5.91 Å². The number of hydrogen-bond donors (Lipinski definition) is 1. The number of carbonyl (C=O) groups excluding carboxylic acids is 1. The average molecular weight is 397 g/mol. The van der Waals surface area contributed by atoms with Crippen molar-refractivity contribution >= 4 is 40.1 Å². The number of benzene rings is 2. The number of halogens is 2. The zero-order chi connectivity index (χ0) is 14.5. The van der Waals surface area contributed by atoms with Crippen LogP contribution in [0.25, 0.3) is 0 Å². The van der Waals surface area contributed by atoms with Gasteiger partial charge >= 0.3 is 0 Å². The number of amides is 1. The van der Waals surface area contributed by atoms with Crippen molar-refractivity contribution in [2.75, 3.05) is 0 Å². The summed E-state index contributed by atoms with van der Waals surface area (Å²) < 4.78 is 0.905. The molecule has 2 aromatic carbocycles. The standard InChI is InChI=1S/C15H10ClIN2O/c16-13-7-12(4-5-14(13)17)15(20)19-9-11-3-1-2-10(6-11)8-18/h1-7H,9H2,(H,19,20). The molecular weight excluding hydrogens is 387 g/mol. The molecular formula is C15H10ClIN2O. The third-order valence-corrected chi connectivity index (χ3v) is 4.26. The Kier molecular flexibility index (Phi) is 4.99. The van der Waals surface area contributed by atoms with E-state index in [1.165, 1.54) is 0 Å². The summed E-state index contributed by atoms with van der Waals surface area (Å²) in [5, 5.41) is 12.2. The molecule has 0 unspecified atom stereocenters. The molecule has 0 bridgehead atoms. The highest BCUT2D eigenvalue weighted by Gasteiger charge is 2.07. The Bertz CT molecular complexity index is 695. The predicted octanol–water partition coefficient (Wildman–Crippen LogP) is 3.75. The fourth-order valence-corrected chi connectivity index (χ4v) is 2.19. The van der Waals surface area contributed by atoms with Gasteiger partial charge < -0.3 is 5.32 Å². The van der Waals surface area contributed by atoms with E-state index in [0.717, 1.165) is 9.13 Å². The third kappa shape index (κ3) is 3.71. The lowest BCUT2D eigenvalue weighted by atomic mass is 10.1. The summed E-state index contributed by atoms with van der Waals surface area (Å²) in [5.74, 6) is -0.189. The summed E-state index contributed by atoms with van der Waals surface area (Å²) in [4.78, 5) is 12.0. The van der Waals surface area contributed by atoms with Crippen molar-refractivity contribution in [3.63, 3.8) is 0 Å². The molecule has 0 spiro atoms. The maximum absolute atomic E-state index is 12.0. The Balaban J connectivity index is 2.05. The van der Waals surface area contributed by atoms with Gasteiger partial charge in [-0.3, -0.25) is 4.79 Å². The number of nitriles is 1. The van der Waals surface area contributed by atoms with Crippen LogP contribution in [0.2, 0.25) is 5.02 Å². The number of nitrogens with zero attached hydrogens (tertiary/aromatic N) is 1. The van der Waals surface area contributed by atoms with E-state index in [4.69, 9.17) is 16.9 Å². The van der Waals surface area contributed by atoms with Crippen molar-refractivity contribution in [1.82, 2.24) is 5.32 Å². The van der Waals surface area contributed by atoms with Crippen molar-refractivity contribution in [3.05, 3.63) is 67.7 Å². The molecule has 0 atom stereocenters. The second-order valence-electron chi connectivity index (χ2n) is 4.12. The molecule has 0 fully saturated rings. The molecule has 2 rings (SSSR count). The van der Waals surface area contributed by atoms with Gasteiger partial charge in [0, 0.05) is 15.7 Å². The normalized spacial score (nSPS) is 9.85.